The highest BCUT2D eigenvalue weighted by molar-refractivity contribution is 7.89. The standard InChI is InChI=1S/C14H16N2O3S/c1-15-20(18,19)14-7-5-12(6-8-14)16-10-11-3-2-4-13(17)9-11/h2-9,15-17H,10H2,1H3. The van der Waals surface area contributed by atoms with Crippen LogP contribution >= 0.6 is 0 Å². The van der Waals surface area contributed by atoms with E-state index < -0.39 is 10.0 Å². The van der Waals surface area contributed by atoms with E-state index in [0.29, 0.717) is 6.54 Å². The highest BCUT2D eigenvalue weighted by atomic mass is 32.2. The van der Waals surface area contributed by atoms with Gasteiger partial charge >= 0.3 is 0 Å². The molecule has 0 saturated carbocycles. The van der Waals surface area contributed by atoms with Crippen LogP contribution < -0.4 is 10.0 Å². The second kappa shape index (κ2) is 5.94. The summed E-state index contributed by atoms with van der Waals surface area (Å²) in [5.41, 5.74) is 1.75. The number of benzene rings is 2. The smallest absolute Gasteiger partial charge is 0.240 e. The van der Waals surface area contributed by atoms with Gasteiger partial charge in [-0.05, 0) is 49.0 Å². The Bertz CT molecular complexity index is 682. The lowest BCUT2D eigenvalue weighted by molar-refractivity contribution is 0.474. The molecule has 20 heavy (non-hydrogen) atoms. The van der Waals surface area contributed by atoms with Crippen molar-refractivity contribution < 1.29 is 13.5 Å². The van der Waals surface area contributed by atoms with Crippen molar-refractivity contribution in [2.45, 2.75) is 11.4 Å². The molecule has 2 aromatic carbocycles. The van der Waals surface area contributed by atoms with Crippen LogP contribution in [-0.4, -0.2) is 20.6 Å². The van der Waals surface area contributed by atoms with Crippen molar-refractivity contribution in [1.29, 1.82) is 0 Å². The third-order valence-corrected chi connectivity index (χ3v) is 4.27. The molecule has 106 valence electrons. The molecule has 5 nitrogen and oxygen atoms in total. The van der Waals surface area contributed by atoms with E-state index in [4.69, 9.17) is 0 Å². The number of rotatable bonds is 5. The number of sulfonamides is 1. The van der Waals surface area contributed by atoms with Crippen LogP contribution in [0.5, 0.6) is 5.75 Å². The quantitative estimate of drug-likeness (QED) is 0.786. The topological polar surface area (TPSA) is 78.4 Å². The lowest BCUT2D eigenvalue weighted by atomic mass is 10.2. The fourth-order valence-corrected chi connectivity index (χ4v) is 2.47. The largest absolute Gasteiger partial charge is 0.508 e. The van der Waals surface area contributed by atoms with Gasteiger partial charge in [0.2, 0.25) is 10.0 Å². The molecular formula is C14H16N2O3S. The van der Waals surface area contributed by atoms with Crippen LogP contribution in [-0.2, 0) is 16.6 Å². The third kappa shape index (κ3) is 3.49. The monoisotopic (exact) mass is 292 g/mol. The van der Waals surface area contributed by atoms with Crippen molar-refractivity contribution >= 4 is 15.7 Å². The highest BCUT2D eigenvalue weighted by Gasteiger charge is 2.10. The maximum absolute atomic E-state index is 11.6. The summed E-state index contributed by atoms with van der Waals surface area (Å²) in [6.45, 7) is 0.548. The normalized spacial score (nSPS) is 11.2. The van der Waals surface area contributed by atoms with Gasteiger partial charge in [0.1, 0.15) is 5.75 Å². The molecule has 0 aromatic heterocycles. The van der Waals surface area contributed by atoms with Crippen molar-refractivity contribution in [3.05, 3.63) is 54.1 Å². The molecule has 0 amide bonds. The van der Waals surface area contributed by atoms with Gasteiger partial charge in [-0.15, -0.1) is 0 Å². The molecule has 0 bridgehead atoms. The second-order valence-electron chi connectivity index (χ2n) is 4.26. The number of phenolic OH excluding ortho intramolecular Hbond substituents is 1. The summed E-state index contributed by atoms with van der Waals surface area (Å²) in [6.07, 6.45) is 0. The summed E-state index contributed by atoms with van der Waals surface area (Å²) in [5, 5.41) is 12.5. The zero-order valence-corrected chi connectivity index (χ0v) is 11.8. The van der Waals surface area contributed by atoms with Gasteiger partial charge in [-0.25, -0.2) is 13.1 Å². The van der Waals surface area contributed by atoms with Crippen molar-refractivity contribution in [1.82, 2.24) is 4.72 Å². The first-order valence-electron chi connectivity index (χ1n) is 6.07. The number of hydrogen-bond donors (Lipinski definition) is 3. The average Bonchev–Trinajstić information content (AvgIpc) is 2.46. The average molecular weight is 292 g/mol. The maximum Gasteiger partial charge on any atom is 0.240 e. The molecule has 0 unspecified atom stereocenters. The van der Waals surface area contributed by atoms with Gasteiger partial charge in [0, 0.05) is 12.2 Å². The van der Waals surface area contributed by atoms with Gasteiger partial charge in [0.15, 0.2) is 0 Å². The molecule has 3 N–H and O–H groups in total. The van der Waals surface area contributed by atoms with Crippen LogP contribution in [0.4, 0.5) is 5.69 Å². The molecule has 0 atom stereocenters. The predicted octanol–water partition coefficient (Wildman–Crippen LogP) is 1.91. The Morgan fingerprint density at radius 3 is 2.40 bits per heavy atom. The fourth-order valence-electron chi connectivity index (χ4n) is 1.74. The number of nitrogens with one attached hydrogen (secondary N) is 2. The van der Waals surface area contributed by atoms with E-state index >= 15 is 0 Å². The number of aromatic hydroxyl groups is 1. The van der Waals surface area contributed by atoms with Gasteiger partial charge in [-0.2, -0.15) is 0 Å². The van der Waals surface area contributed by atoms with E-state index in [1.165, 1.54) is 19.2 Å². The summed E-state index contributed by atoms with van der Waals surface area (Å²) in [4.78, 5) is 0.225. The first kappa shape index (κ1) is 14.4. The summed E-state index contributed by atoms with van der Waals surface area (Å²) in [5.74, 6) is 0.222. The van der Waals surface area contributed by atoms with Gasteiger partial charge in [0.05, 0.1) is 4.90 Å². The molecule has 0 aliphatic carbocycles. The van der Waals surface area contributed by atoms with Crippen LogP contribution in [0.15, 0.2) is 53.4 Å². The fraction of sp³-hybridized carbons (Fsp3) is 0.143. The molecule has 0 heterocycles. The predicted molar refractivity (Wildman–Crippen MR) is 78.1 cm³/mol. The SMILES string of the molecule is CNS(=O)(=O)c1ccc(NCc2cccc(O)c2)cc1. The summed E-state index contributed by atoms with van der Waals surface area (Å²) in [7, 11) is -2.02. The molecule has 0 radical (unpaired) electrons. The molecule has 0 saturated heterocycles. The van der Waals surface area contributed by atoms with Crippen LogP contribution in [0.25, 0.3) is 0 Å². The number of hydrogen-bond acceptors (Lipinski definition) is 4. The third-order valence-electron chi connectivity index (χ3n) is 2.84. The maximum atomic E-state index is 11.6. The van der Waals surface area contributed by atoms with Crippen molar-refractivity contribution in [2.24, 2.45) is 0 Å². The lowest BCUT2D eigenvalue weighted by Crippen LogP contribution is -2.18. The molecule has 0 spiro atoms. The van der Waals surface area contributed by atoms with Crippen molar-refractivity contribution in [3.63, 3.8) is 0 Å². The number of anilines is 1. The van der Waals surface area contributed by atoms with Gasteiger partial charge in [0.25, 0.3) is 0 Å². The van der Waals surface area contributed by atoms with Crippen molar-refractivity contribution in [3.8, 4) is 5.75 Å². The van der Waals surface area contributed by atoms with Gasteiger partial charge < -0.3 is 10.4 Å². The van der Waals surface area contributed by atoms with Crippen LogP contribution in [0.1, 0.15) is 5.56 Å². The van der Waals surface area contributed by atoms with E-state index in [9.17, 15) is 13.5 Å². The highest BCUT2D eigenvalue weighted by Crippen LogP contribution is 2.16. The molecule has 2 rings (SSSR count). The summed E-state index contributed by atoms with van der Waals surface area (Å²) in [6, 6.07) is 13.4. The van der Waals surface area contributed by atoms with E-state index in [1.54, 1.807) is 30.3 Å². The van der Waals surface area contributed by atoms with E-state index in [-0.39, 0.29) is 10.6 Å². The Balaban J connectivity index is 2.05. The molecule has 6 heteroatoms. The molecular weight excluding hydrogens is 276 g/mol. The van der Waals surface area contributed by atoms with Crippen LogP contribution in [0.2, 0.25) is 0 Å². The van der Waals surface area contributed by atoms with Gasteiger partial charge in [-0.3, -0.25) is 0 Å². The first-order chi connectivity index (χ1) is 9.51. The summed E-state index contributed by atoms with van der Waals surface area (Å²) >= 11 is 0. The van der Waals surface area contributed by atoms with Crippen molar-refractivity contribution in [2.75, 3.05) is 12.4 Å². The Morgan fingerprint density at radius 2 is 1.80 bits per heavy atom. The zero-order valence-electron chi connectivity index (χ0n) is 11.0. The Labute approximate surface area is 118 Å². The first-order valence-corrected chi connectivity index (χ1v) is 7.55. The van der Waals surface area contributed by atoms with E-state index in [2.05, 4.69) is 10.0 Å². The Kier molecular flexibility index (Phi) is 4.26. The molecule has 0 fully saturated rings. The molecule has 0 aliphatic heterocycles. The van der Waals surface area contributed by atoms with Crippen LogP contribution in [0, 0.1) is 0 Å². The van der Waals surface area contributed by atoms with Gasteiger partial charge in [-0.1, -0.05) is 12.1 Å². The Hall–Kier alpha value is -2.05. The van der Waals surface area contributed by atoms with E-state index in [1.807, 2.05) is 6.07 Å². The molecule has 2 aromatic rings. The lowest BCUT2D eigenvalue weighted by Gasteiger charge is -2.08. The Morgan fingerprint density at radius 1 is 1.10 bits per heavy atom. The zero-order chi connectivity index (χ0) is 14.6. The molecule has 0 aliphatic rings. The van der Waals surface area contributed by atoms with Crippen LogP contribution in [0.3, 0.4) is 0 Å². The second-order valence-corrected chi connectivity index (χ2v) is 6.14. The minimum absolute atomic E-state index is 0.222. The van der Waals surface area contributed by atoms with E-state index in [0.717, 1.165) is 11.3 Å². The number of phenols is 1. The minimum Gasteiger partial charge on any atom is -0.508 e. The summed E-state index contributed by atoms with van der Waals surface area (Å²) < 4.78 is 25.4. The minimum atomic E-state index is -3.40.